The van der Waals surface area contributed by atoms with Crippen LogP contribution in [0.1, 0.15) is 5.56 Å². The summed E-state index contributed by atoms with van der Waals surface area (Å²) in [6.45, 7) is 0. The summed E-state index contributed by atoms with van der Waals surface area (Å²) < 4.78 is 38.9. The second-order valence-electron chi connectivity index (χ2n) is 3.39. The van der Waals surface area contributed by atoms with Gasteiger partial charge >= 0.3 is 6.18 Å². The summed E-state index contributed by atoms with van der Waals surface area (Å²) in [5.74, 6) is 0.109. The van der Waals surface area contributed by atoms with Gasteiger partial charge in [0, 0.05) is 10.0 Å². The molecule has 90 valence electrons. The Balaban J connectivity index is 2.67. The lowest BCUT2D eigenvalue weighted by atomic mass is 10.0. The van der Waals surface area contributed by atoms with Crippen LogP contribution in [0, 0.1) is 0 Å². The van der Waals surface area contributed by atoms with E-state index in [0.29, 0.717) is 4.47 Å². The number of nitrogens with zero attached hydrogens (tertiary/aromatic N) is 1. The highest BCUT2D eigenvalue weighted by Crippen LogP contribution is 2.39. The largest absolute Gasteiger partial charge is 0.417 e. The molecule has 1 heterocycles. The predicted octanol–water partition coefficient (Wildman–Crippen LogP) is 3.44. The Hall–Kier alpha value is -1.50. The zero-order chi connectivity index (χ0) is 12.6. The Bertz CT molecular complexity index is 548. The fourth-order valence-corrected chi connectivity index (χ4v) is 1.86. The second kappa shape index (κ2) is 4.06. The van der Waals surface area contributed by atoms with E-state index >= 15 is 0 Å². The van der Waals surface area contributed by atoms with Crippen molar-refractivity contribution in [2.75, 3.05) is 5.73 Å². The Morgan fingerprint density at radius 3 is 2.47 bits per heavy atom. The molecule has 0 unspecified atom stereocenters. The summed E-state index contributed by atoms with van der Waals surface area (Å²) in [7, 11) is 0. The third kappa shape index (κ3) is 2.28. The summed E-state index contributed by atoms with van der Waals surface area (Å²) in [4.78, 5) is 0. The molecule has 0 aliphatic heterocycles. The normalized spacial score (nSPS) is 11.8. The van der Waals surface area contributed by atoms with Gasteiger partial charge in [0.15, 0.2) is 0 Å². The first-order valence-electron chi connectivity index (χ1n) is 4.55. The van der Waals surface area contributed by atoms with E-state index in [-0.39, 0.29) is 16.9 Å². The molecule has 0 aliphatic carbocycles. The standard InChI is InChI=1S/C10H7BrF3N3/c11-5-1-2-6(7-4-16-17-9(7)15)8(3-5)10(12,13)14/h1-4H,(H3,15,16,17). The maximum atomic E-state index is 12.9. The Kier molecular flexibility index (Phi) is 2.86. The second-order valence-corrected chi connectivity index (χ2v) is 4.30. The van der Waals surface area contributed by atoms with Crippen LogP contribution in [0.2, 0.25) is 0 Å². The van der Waals surface area contributed by atoms with Crippen molar-refractivity contribution < 1.29 is 13.2 Å². The summed E-state index contributed by atoms with van der Waals surface area (Å²) in [5, 5.41) is 6.02. The Morgan fingerprint density at radius 2 is 1.94 bits per heavy atom. The number of hydrogen-bond donors (Lipinski definition) is 2. The maximum absolute atomic E-state index is 12.9. The third-order valence-electron chi connectivity index (χ3n) is 2.25. The number of alkyl halides is 3. The lowest BCUT2D eigenvalue weighted by molar-refractivity contribution is -0.137. The number of hydrogen-bond acceptors (Lipinski definition) is 2. The van der Waals surface area contributed by atoms with Crippen LogP contribution in [0.3, 0.4) is 0 Å². The Morgan fingerprint density at radius 1 is 1.24 bits per heavy atom. The molecule has 0 bridgehead atoms. The van der Waals surface area contributed by atoms with Crippen LogP contribution < -0.4 is 5.73 Å². The molecule has 2 aromatic rings. The van der Waals surface area contributed by atoms with Crippen LogP contribution in [0.25, 0.3) is 11.1 Å². The average molecular weight is 306 g/mol. The molecule has 3 N–H and O–H groups in total. The topological polar surface area (TPSA) is 54.7 Å². The van der Waals surface area contributed by atoms with E-state index in [1.54, 1.807) is 0 Å². The number of nitrogen functional groups attached to an aromatic ring is 1. The zero-order valence-electron chi connectivity index (χ0n) is 8.35. The van der Waals surface area contributed by atoms with Gasteiger partial charge in [-0.05, 0) is 17.7 Å². The molecule has 7 heteroatoms. The highest BCUT2D eigenvalue weighted by Gasteiger charge is 2.34. The first-order chi connectivity index (χ1) is 7.89. The number of nitrogens with two attached hydrogens (primary N) is 1. The van der Waals surface area contributed by atoms with E-state index in [2.05, 4.69) is 26.1 Å². The fourth-order valence-electron chi connectivity index (χ4n) is 1.50. The molecule has 0 amide bonds. The quantitative estimate of drug-likeness (QED) is 0.848. The first-order valence-corrected chi connectivity index (χ1v) is 5.35. The van der Waals surface area contributed by atoms with Crippen molar-refractivity contribution in [1.29, 1.82) is 0 Å². The van der Waals surface area contributed by atoms with E-state index in [0.717, 1.165) is 6.07 Å². The molecule has 0 aliphatic rings. The molecular weight excluding hydrogens is 299 g/mol. The van der Waals surface area contributed by atoms with Gasteiger partial charge in [-0.1, -0.05) is 22.0 Å². The fraction of sp³-hybridized carbons (Fsp3) is 0.100. The monoisotopic (exact) mass is 305 g/mol. The SMILES string of the molecule is Nc1[nH]ncc1-c1ccc(Br)cc1C(F)(F)F. The highest BCUT2D eigenvalue weighted by atomic mass is 79.9. The molecule has 1 aromatic heterocycles. The minimum absolute atomic E-state index is 0.00644. The van der Waals surface area contributed by atoms with Crippen molar-refractivity contribution in [3.8, 4) is 11.1 Å². The van der Waals surface area contributed by atoms with Gasteiger partial charge in [0.25, 0.3) is 0 Å². The highest BCUT2D eigenvalue weighted by molar-refractivity contribution is 9.10. The predicted molar refractivity (Wildman–Crippen MR) is 61.1 cm³/mol. The van der Waals surface area contributed by atoms with Gasteiger partial charge in [0.05, 0.1) is 11.8 Å². The lowest BCUT2D eigenvalue weighted by Crippen LogP contribution is -2.07. The van der Waals surface area contributed by atoms with E-state index in [1.165, 1.54) is 18.3 Å². The van der Waals surface area contributed by atoms with Crippen molar-refractivity contribution in [3.05, 3.63) is 34.4 Å². The number of aromatic nitrogens is 2. The summed E-state index contributed by atoms with van der Waals surface area (Å²) in [5.41, 5.74) is 5.02. The number of aromatic amines is 1. The Labute approximate surface area is 103 Å². The molecule has 2 rings (SSSR count). The lowest BCUT2D eigenvalue weighted by Gasteiger charge is -2.12. The van der Waals surface area contributed by atoms with Gasteiger partial charge in [-0.25, -0.2) is 0 Å². The molecule has 0 spiro atoms. The van der Waals surface area contributed by atoms with Gasteiger partial charge < -0.3 is 5.73 Å². The van der Waals surface area contributed by atoms with Crippen molar-refractivity contribution in [2.45, 2.75) is 6.18 Å². The summed E-state index contributed by atoms with van der Waals surface area (Å²) >= 11 is 3.02. The molecule has 1 aromatic carbocycles. The smallest absolute Gasteiger partial charge is 0.384 e. The number of benzene rings is 1. The molecule has 17 heavy (non-hydrogen) atoms. The first kappa shape index (κ1) is 12.0. The van der Waals surface area contributed by atoms with Crippen LogP contribution in [-0.2, 0) is 6.18 Å². The van der Waals surface area contributed by atoms with Gasteiger partial charge in [0.1, 0.15) is 5.82 Å². The van der Waals surface area contributed by atoms with Crippen LogP contribution in [0.4, 0.5) is 19.0 Å². The molecule has 0 saturated heterocycles. The molecule has 0 saturated carbocycles. The third-order valence-corrected chi connectivity index (χ3v) is 2.74. The van der Waals surface area contributed by atoms with E-state index in [4.69, 9.17) is 5.73 Å². The van der Waals surface area contributed by atoms with Crippen LogP contribution >= 0.6 is 15.9 Å². The van der Waals surface area contributed by atoms with Crippen molar-refractivity contribution in [1.82, 2.24) is 10.2 Å². The van der Waals surface area contributed by atoms with E-state index in [1.807, 2.05) is 0 Å². The minimum Gasteiger partial charge on any atom is -0.384 e. The average Bonchev–Trinajstić information content (AvgIpc) is 2.63. The van der Waals surface area contributed by atoms with E-state index < -0.39 is 11.7 Å². The van der Waals surface area contributed by atoms with Crippen molar-refractivity contribution in [3.63, 3.8) is 0 Å². The minimum atomic E-state index is -4.44. The maximum Gasteiger partial charge on any atom is 0.417 e. The van der Waals surface area contributed by atoms with Crippen molar-refractivity contribution >= 4 is 21.7 Å². The number of rotatable bonds is 1. The molecule has 3 nitrogen and oxygen atoms in total. The summed E-state index contributed by atoms with van der Waals surface area (Å²) in [6.07, 6.45) is -3.17. The van der Waals surface area contributed by atoms with Crippen LogP contribution in [0.5, 0.6) is 0 Å². The van der Waals surface area contributed by atoms with Gasteiger partial charge in [0.2, 0.25) is 0 Å². The van der Waals surface area contributed by atoms with Crippen LogP contribution in [-0.4, -0.2) is 10.2 Å². The molecule has 0 atom stereocenters. The molecule has 0 fully saturated rings. The molecular formula is C10H7BrF3N3. The van der Waals surface area contributed by atoms with Gasteiger partial charge in [-0.15, -0.1) is 0 Å². The number of nitrogens with one attached hydrogen (secondary N) is 1. The van der Waals surface area contributed by atoms with Crippen molar-refractivity contribution in [2.24, 2.45) is 0 Å². The van der Waals surface area contributed by atoms with Crippen LogP contribution in [0.15, 0.2) is 28.9 Å². The molecule has 0 radical (unpaired) electrons. The summed E-state index contributed by atoms with van der Waals surface area (Å²) in [6, 6.07) is 3.90. The zero-order valence-corrected chi connectivity index (χ0v) is 9.93. The van der Waals surface area contributed by atoms with E-state index in [9.17, 15) is 13.2 Å². The van der Waals surface area contributed by atoms with Gasteiger partial charge in [-0.2, -0.15) is 18.3 Å². The number of halogens is 4. The van der Waals surface area contributed by atoms with Gasteiger partial charge in [-0.3, -0.25) is 5.10 Å². The number of H-pyrrole nitrogens is 1. The number of anilines is 1.